The maximum atomic E-state index is 8.98. The van der Waals surface area contributed by atoms with Crippen molar-refractivity contribution in [1.29, 1.82) is 5.26 Å². The van der Waals surface area contributed by atoms with E-state index in [1.807, 2.05) is 37.4 Å². The lowest BCUT2D eigenvalue weighted by Crippen LogP contribution is -2.04. The number of hydrogen-bond donors (Lipinski definition) is 0. The molecule has 2 aromatic rings. The number of ether oxygens (including phenoxy) is 1. The lowest BCUT2D eigenvalue weighted by Gasteiger charge is -2.05. The van der Waals surface area contributed by atoms with Crippen molar-refractivity contribution in [3.8, 4) is 6.07 Å². The van der Waals surface area contributed by atoms with Crippen molar-refractivity contribution >= 4 is 10.9 Å². The lowest BCUT2D eigenvalue weighted by molar-refractivity contribution is 0.140. The van der Waals surface area contributed by atoms with Gasteiger partial charge in [0.1, 0.15) is 0 Å². The molecular formula is C13H14N2O. The van der Waals surface area contributed by atoms with Gasteiger partial charge in [-0.1, -0.05) is 6.07 Å². The van der Waals surface area contributed by atoms with Crippen LogP contribution in [0.25, 0.3) is 10.9 Å². The van der Waals surface area contributed by atoms with Crippen LogP contribution in [0.3, 0.4) is 0 Å². The van der Waals surface area contributed by atoms with Crippen LogP contribution in [0.1, 0.15) is 12.5 Å². The third-order valence-electron chi connectivity index (χ3n) is 2.61. The highest BCUT2D eigenvalue weighted by Gasteiger charge is 2.04. The molecule has 0 atom stereocenters. The molecule has 0 aliphatic carbocycles. The molecule has 0 amide bonds. The monoisotopic (exact) mass is 214 g/mol. The summed E-state index contributed by atoms with van der Waals surface area (Å²) in [6.45, 7) is 4.26. The maximum absolute atomic E-state index is 8.98. The number of benzene rings is 1. The van der Waals surface area contributed by atoms with Crippen molar-refractivity contribution < 1.29 is 4.74 Å². The Labute approximate surface area is 94.9 Å². The SMILES string of the molecule is CCOCCn1ccc2c(C#N)cccc21. The molecule has 1 aromatic carbocycles. The summed E-state index contributed by atoms with van der Waals surface area (Å²) in [6.07, 6.45) is 2.00. The number of hydrogen-bond acceptors (Lipinski definition) is 2. The van der Waals surface area contributed by atoms with Gasteiger partial charge in [-0.15, -0.1) is 0 Å². The molecule has 0 aliphatic heterocycles. The Bertz CT molecular complexity index is 522. The highest BCUT2D eigenvalue weighted by atomic mass is 16.5. The van der Waals surface area contributed by atoms with Crippen LogP contribution in [-0.4, -0.2) is 17.8 Å². The van der Waals surface area contributed by atoms with Crippen molar-refractivity contribution in [1.82, 2.24) is 4.57 Å². The fourth-order valence-corrected chi connectivity index (χ4v) is 1.82. The first-order chi connectivity index (χ1) is 7.86. The molecule has 3 nitrogen and oxygen atoms in total. The van der Waals surface area contributed by atoms with Gasteiger partial charge in [0.2, 0.25) is 0 Å². The highest BCUT2D eigenvalue weighted by Crippen LogP contribution is 2.19. The molecule has 2 rings (SSSR count). The van der Waals surface area contributed by atoms with Crippen LogP contribution >= 0.6 is 0 Å². The molecule has 0 N–H and O–H groups in total. The largest absolute Gasteiger partial charge is 0.380 e. The van der Waals surface area contributed by atoms with Crippen LogP contribution in [0.15, 0.2) is 30.5 Å². The second-order valence-corrected chi connectivity index (χ2v) is 3.56. The van der Waals surface area contributed by atoms with E-state index < -0.39 is 0 Å². The van der Waals surface area contributed by atoms with Crippen LogP contribution in [0.5, 0.6) is 0 Å². The molecule has 0 unspecified atom stereocenters. The van der Waals surface area contributed by atoms with Crippen LogP contribution in [0.2, 0.25) is 0 Å². The zero-order valence-electron chi connectivity index (χ0n) is 9.31. The molecule has 0 radical (unpaired) electrons. The van der Waals surface area contributed by atoms with Crippen molar-refractivity contribution in [2.45, 2.75) is 13.5 Å². The number of fused-ring (bicyclic) bond motifs is 1. The lowest BCUT2D eigenvalue weighted by atomic mass is 10.1. The summed E-state index contributed by atoms with van der Waals surface area (Å²) in [5.74, 6) is 0. The average molecular weight is 214 g/mol. The number of aromatic nitrogens is 1. The van der Waals surface area contributed by atoms with E-state index in [-0.39, 0.29) is 0 Å². The van der Waals surface area contributed by atoms with E-state index >= 15 is 0 Å². The van der Waals surface area contributed by atoms with Crippen LogP contribution < -0.4 is 0 Å². The third-order valence-corrected chi connectivity index (χ3v) is 2.61. The zero-order valence-corrected chi connectivity index (χ0v) is 9.31. The van der Waals surface area contributed by atoms with Gasteiger partial charge >= 0.3 is 0 Å². The Hall–Kier alpha value is -1.79. The van der Waals surface area contributed by atoms with Crippen LogP contribution in [-0.2, 0) is 11.3 Å². The number of rotatable bonds is 4. The summed E-state index contributed by atoms with van der Waals surface area (Å²) >= 11 is 0. The minimum Gasteiger partial charge on any atom is -0.380 e. The molecule has 82 valence electrons. The predicted molar refractivity (Wildman–Crippen MR) is 63.1 cm³/mol. The molecule has 1 aromatic heterocycles. The molecule has 1 heterocycles. The predicted octanol–water partition coefficient (Wildman–Crippen LogP) is 2.55. The van der Waals surface area contributed by atoms with E-state index in [0.717, 1.165) is 29.6 Å². The van der Waals surface area contributed by atoms with Gasteiger partial charge in [-0.25, -0.2) is 0 Å². The van der Waals surface area contributed by atoms with Gasteiger partial charge in [-0.3, -0.25) is 0 Å². The van der Waals surface area contributed by atoms with Gasteiger partial charge in [0.25, 0.3) is 0 Å². The Kier molecular flexibility index (Phi) is 3.23. The average Bonchev–Trinajstić information content (AvgIpc) is 2.73. The van der Waals surface area contributed by atoms with Gasteiger partial charge in [0.15, 0.2) is 0 Å². The molecule has 0 fully saturated rings. The summed E-state index contributed by atoms with van der Waals surface area (Å²) in [5.41, 5.74) is 1.83. The van der Waals surface area contributed by atoms with Gasteiger partial charge in [-0.2, -0.15) is 5.26 Å². The van der Waals surface area contributed by atoms with E-state index in [1.54, 1.807) is 0 Å². The van der Waals surface area contributed by atoms with Crippen LogP contribution in [0, 0.1) is 11.3 Å². The topological polar surface area (TPSA) is 38.0 Å². The molecule has 0 aliphatic rings. The third kappa shape index (κ3) is 1.93. The van der Waals surface area contributed by atoms with Crippen molar-refractivity contribution in [2.75, 3.05) is 13.2 Å². The quantitative estimate of drug-likeness (QED) is 0.733. The molecule has 3 heteroatoms. The van der Waals surface area contributed by atoms with E-state index in [4.69, 9.17) is 10.00 Å². The summed E-state index contributed by atoms with van der Waals surface area (Å²) < 4.78 is 7.44. The molecule has 0 bridgehead atoms. The van der Waals surface area contributed by atoms with Gasteiger partial charge in [0.05, 0.1) is 18.2 Å². The minimum atomic E-state index is 0.705. The molecule has 0 saturated carbocycles. The Morgan fingerprint density at radius 2 is 2.25 bits per heavy atom. The zero-order chi connectivity index (χ0) is 11.4. The number of nitriles is 1. The molecular weight excluding hydrogens is 200 g/mol. The Morgan fingerprint density at radius 1 is 1.38 bits per heavy atom. The Balaban J connectivity index is 2.31. The second-order valence-electron chi connectivity index (χ2n) is 3.56. The first-order valence-electron chi connectivity index (χ1n) is 5.42. The molecule has 0 spiro atoms. The van der Waals surface area contributed by atoms with Gasteiger partial charge < -0.3 is 9.30 Å². The van der Waals surface area contributed by atoms with Crippen molar-refractivity contribution in [3.63, 3.8) is 0 Å². The summed E-state index contributed by atoms with van der Waals surface area (Å²) in [5, 5.41) is 9.99. The van der Waals surface area contributed by atoms with E-state index in [1.165, 1.54) is 0 Å². The smallest absolute Gasteiger partial charge is 0.0998 e. The van der Waals surface area contributed by atoms with E-state index in [0.29, 0.717) is 6.61 Å². The summed E-state index contributed by atoms with van der Waals surface area (Å²) in [6, 6.07) is 9.98. The minimum absolute atomic E-state index is 0.705. The number of nitrogens with zero attached hydrogens (tertiary/aromatic N) is 2. The fraction of sp³-hybridized carbons (Fsp3) is 0.308. The van der Waals surface area contributed by atoms with Gasteiger partial charge in [0, 0.05) is 30.3 Å². The molecule has 16 heavy (non-hydrogen) atoms. The van der Waals surface area contributed by atoms with Crippen LogP contribution in [0.4, 0.5) is 0 Å². The first-order valence-corrected chi connectivity index (χ1v) is 5.42. The van der Waals surface area contributed by atoms with E-state index in [9.17, 15) is 0 Å². The molecule has 0 saturated heterocycles. The Morgan fingerprint density at radius 3 is 3.00 bits per heavy atom. The summed E-state index contributed by atoms with van der Waals surface area (Å²) in [7, 11) is 0. The fourth-order valence-electron chi connectivity index (χ4n) is 1.82. The second kappa shape index (κ2) is 4.82. The first kappa shape index (κ1) is 10.7. The highest BCUT2D eigenvalue weighted by molar-refractivity contribution is 5.85. The van der Waals surface area contributed by atoms with Crippen molar-refractivity contribution in [3.05, 3.63) is 36.0 Å². The van der Waals surface area contributed by atoms with E-state index in [2.05, 4.69) is 10.6 Å². The standard InChI is InChI=1S/C13H14N2O/c1-2-16-9-8-15-7-6-12-11(10-14)4-3-5-13(12)15/h3-7H,2,8-9H2,1H3. The normalized spacial score (nSPS) is 10.5. The maximum Gasteiger partial charge on any atom is 0.0998 e. The van der Waals surface area contributed by atoms with Gasteiger partial charge in [-0.05, 0) is 25.1 Å². The van der Waals surface area contributed by atoms with Crippen molar-refractivity contribution in [2.24, 2.45) is 0 Å². The summed E-state index contributed by atoms with van der Waals surface area (Å²) in [4.78, 5) is 0.